The first-order chi connectivity index (χ1) is 9.69. The number of anilines is 2. The first-order valence-electron chi connectivity index (χ1n) is 6.36. The molecule has 0 saturated heterocycles. The predicted molar refractivity (Wildman–Crippen MR) is 90.0 cm³/mol. The first-order valence-corrected chi connectivity index (χ1v) is 8.63. The Morgan fingerprint density at radius 1 is 1.00 bits per heavy atom. The summed E-state index contributed by atoms with van der Waals surface area (Å²) in [7, 11) is -3.67. The Morgan fingerprint density at radius 2 is 1.62 bits per heavy atom. The van der Waals surface area contributed by atoms with Gasteiger partial charge in [0, 0.05) is 10.2 Å². The average Bonchev–Trinajstić information content (AvgIpc) is 2.31. The molecule has 0 amide bonds. The zero-order valence-electron chi connectivity index (χ0n) is 12.1. The van der Waals surface area contributed by atoms with Crippen molar-refractivity contribution in [3.8, 4) is 0 Å². The molecule has 0 atom stereocenters. The number of sulfonamides is 1. The molecule has 2 aromatic carbocycles. The van der Waals surface area contributed by atoms with E-state index in [1.54, 1.807) is 31.2 Å². The lowest BCUT2D eigenvalue weighted by Gasteiger charge is -2.13. The Morgan fingerprint density at radius 3 is 2.24 bits per heavy atom. The highest BCUT2D eigenvalue weighted by Crippen LogP contribution is 2.26. The van der Waals surface area contributed by atoms with E-state index in [-0.39, 0.29) is 4.90 Å². The molecule has 0 aliphatic carbocycles. The standard InChI is InChI=1S/C15H17BrN2O2S/c1-9-4-12(16)8-13(5-9)18-21(19,20)15-7-10(2)6-14(17)11(15)3/h4-8,18H,17H2,1-3H3. The second-order valence-corrected chi connectivity index (χ2v) is 7.67. The number of nitrogen functional groups attached to an aromatic ring is 1. The molecule has 0 bridgehead atoms. The summed E-state index contributed by atoms with van der Waals surface area (Å²) in [5, 5.41) is 0. The van der Waals surface area contributed by atoms with Gasteiger partial charge in [-0.2, -0.15) is 0 Å². The molecule has 6 heteroatoms. The fraction of sp³-hybridized carbons (Fsp3) is 0.200. The largest absolute Gasteiger partial charge is 0.398 e. The van der Waals surface area contributed by atoms with E-state index in [4.69, 9.17) is 5.73 Å². The normalized spacial score (nSPS) is 11.4. The minimum absolute atomic E-state index is 0.206. The van der Waals surface area contributed by atoms with Crippen LogP contribution in [0, 0.1) is 20.8 Å². The highest BCUT2D eigenvalue weighted by atomic mass is 79.9. The molecule has 0 heterocycles. The van der Waals surface area contributed by atoms with E-state index >= 15 is 0 Å². The van der Waals surface area contributed by atoms with Crippen LogP contribution in [0.15, 0.2) is 39.7 Å². The number of halogens is 1. The van der Waals surface area contributed by atoms with Crippen molar-refractivity contribution in [1.82, 2.24) is 0 Å². The molecule has 0 aliphatic heterocycles. The maximum Gasteiger partial charge on any atom is 0.262 e. The molecule has 0 aliphatic rings. The van der Waals surface area contributed by atoms with E-state index in [1.165, 1.54) is 0 Å². The van der Waals surface area contributed by atoms with Crippen molar-refractivity contribution >= 4 is 37.3 Å². The zero-order valence-corrected chi connectivity index (χ0v) is 14.5. The van der Waals surface area contributed by atoms with Gasteiger partial charge in [0.25, 0.3) is 10.0 Å². The summed E-state index contributed by atoms with van der Waals surface area (Å²) in [5.74, 6) is 0. The van der Waals surface area contributed by atoms with Gasteiger partial charge in [0.2, 0.25) is 0 Å². The van der Waals surface area contributed by atoms with Gasteiger partial charge in [-0.3, -0.25) is 4.72 Å². The minimum atomic E-state index is -3.67. The van der Waals surface area contributed by atoms with Gasteiger partial charge in [-0.1, -0.05) is 15.9 Å². The van der Waals surface area contributed by atoms with Gasteiger partial charge < -0.3 is 5.73 Å². The van der Waals surface area contributed by atoms with Gasteiger partial charge >= 0.3 is 0 Å². The van der Waals surface area contributed by atoms with E-state index in [1.807, 2.05) is 19.9 Å². The number of nitrogens with one attached hydrogen (secondary N) is 1. The average molecular weight is 369 g/mol. The molecule has 2 aromatic rings. The van der Waals surface area contributed by atoms with Gasteiger partial charge in [0.1, 0.15) is 0 Å². The third kappa shape index (κ3) is 3.57. The van der Waals surface area contributed by atoms with Crippen molar-refractivity contribution < 1.29 is 8.42 Å². The lowest BCUT2D eigenvalue weighted by atomic mass is 10.1. The van der Waals surface area contributed by atoms with Crippen LogP contribution in [0.3, 0.4) is 0 Å². The highest BCUT2D eigenvalue weighted by Gasteiger charge is 2.19. The van der Waals surface area contributed by atoms with Crippen molar-refractivity contribution in [2.24, 2.45) is 0 Å². The molecule has 0 aromatic heterocycles. The van der Waals surface area contributed by atoms with Crippen molar-refractivity contribution in [2.75, 3.05) is 10.5 Å². The van der Waals surface area contributed by atoms with E-state index < -0.39 is 10.0 Å². The SMILES string of the molecule is Cc1cc(Br)cc(NS(=O)(=O)c2cc(C)cc(N)c2C)c1. The van der Waals surface area contributed by atoms with Gasteiger partial charge in [0.15, 0.2) is 0 Å². The predicted octanol–water partition coefficient (Wildman–Crippen LogP) is 3.76. The molecular weight excluding hydrogens is 352 g/mol. The third-order valence-electron chi connectivity index (χ3n) is 3.13. The van der Waals surface area contributed by atoms with Crippen molar-refractivity contribution in [1.29, 1.82) is 0 Å². The molecule has 0 fully saturated rings. The topological polar surface area (TPSA) is 72.2 Å². The summed E-state index contributed by atoms with van der Waals surface area (Å²) in [6.07, 6.45) is 0. The fourth-order valence-electron chi connectivity index (χ4n) is 2.14. The zero-order chi connectivity index (χ0) is 15.8. The molecule has 0 radical (unpaired) electrons. The van der Waals surface area contributed by atoms with Gasteiger partial charge in [0.05, 0.1) is 10.6 Å². The Kier molecular flexibility index (Phi) is 4.30. The van der Waals surface area contributed by atoms with E-state index in [0.29, 0.717) is 16.9 Å². The Bertz CT molecular complexity index is 781. The number of aryl methyl sites for hydroxylation is 2. The van der Waals surface area contributed by atoms with Crippen LogP contribution in [-0.4, -0.2) is 8.42 Å². The first kappa shape index (κ1) is 15.9. The Hall–Kier alpha value is -1.53. The molecule has 21 heavy (non-hydrogen) atoms. The van der Waals surface area contributed by atoms with Gasteiger partial charge in [-0.15, -0.1) is 0 Å². The van der Waals surface area contributed by atoms with Crippen molar-refractivity contribution in [3.63, 3.8) is 0 Å². The molecule has 0 spiro atoms. The number of rotatable bonds is 3. The molecule has 3 N–H and O–H groups in total. The molecule has 4 nitrogen and oxygen atoms in total. The third-order valence-corrected chi connectivity index (χ3v) is 5.09. The van der Waals surface area contributed by atoms with E-state index in [2.05, 4.69) is 20.7 Å². The van der Waals surface area contributed by atoms with Crippen LogP contribution >= 0.6 is 15.9 Å². The summed E-state index contributed by atoms with van der Waals surface area (Å²) < 4.78 is 28.6. The summed E-state index contributed by atoms with van der Waals surface area (Å²) in [5.41, 5.74) is 9.17. The van der Waals surface area contributed by atoms with Crippen LogP contribution in [0.1, 0.15) is 16.7 Å². The minimum Gasteiger partial charge on any atom is -0.398 e. The Labute approximate surface area is 133 Å². The second kappa shape index (κ2) is 5.69. The lowest BCUT2D eigenvalue weighted by Crippen LogP contribution is -2.15. The fourth-order valence-corrected chi connectivity index (χ4v) is 4.14. The molecule has 112 valence electrons. The summed E-state index contributed by atoms with van der Waals surface area (Å²) in [4.78, 5) is 0.206. The smallest absolute Gasteiger partial charge is 0.262 e. The molecule has 0 unspecified atom stereocenters. The summed E-state index contributed by atoms with van der Waals surface area (Å²) in [6, 6.07) is 8.79. The van der Waals surface area contributed by atoms with Crippen molar-refractivity contribution in [2.45, 2.75) is 25.7 Å². The molecule has 0 saturated carbocycles. The van der Waals surface area contributed by atoms with Gasteiger partial charge in [-0.05, 0) is 67.8 Å². The monoisotopic (exact) mass is 368 g/mol. The van der Waals surface area contributed by atoms with Gasteiger partial charge in [-0.25, -0.2) is 8.42 Å². The maximum absolute atomic E-state index is 12.6. The number of nitrogens with two attached hydrogens (primary N) is 1. The molecular formula is C15H17BrN2O2S. The summed E-state index contributed by atoms with van der Waals surface area (Å²) >= 11 is 3.36. The lowest BCUT2D eigenvalue weighted by molar-refractivity contribution is 0.600. The summed E-state index contributed by atoms with van der Waals surface area (Å²) in [6.45, 7) is 5.42. The quantitative estimate of drug-likeness (QED) is 0.810. The van der Waals surface area contributed by atoms with Crippen LogP contribution < -0.4 is 10.5 Å². The Balaban J connectivity index is 2.48. The van der Waals surface area contributed by atoms with Crippen LogP contribution in [0.2, 0.25) is 0 Å². The number of hydrogen-bond donors (Lipinski definition) is 2. The maximum atomic E-state index is 12.6. The van der Waals surface area contributed by atoms with Crippen LogP contribution in [0.25, 0.3) is 0 Å². The van der Waals surface area contributed by atoms with Crippen LogP contribution in [0.4, 0.5) is 11.4 Å². The second-order valence-electron chi connectivity index (χ2n) is 5.10. The van der Waals surface area contributed by atoms with Crippen molar-refractivity contribution in [3.05, 3.63) is 51.5 Å². The van der Waals surface area contributed by atoms with Crippen LogP contribution in [-0.2, 0) is 10.0 Å². The van der Waals surface area contributed by atoms with E-state index in [9.17, 15) is 8.42 Å². The van der Waals surface area contributed by atoms with E-state index in [0.717, 1.165) is 15.6 Å². The number of hydrogen-bond acceptors (Lipinski definition) is 3. The van der Waals surface area contributed by atoms with Crippen LogP contribution in [0.5, 0.6) is 0 Å². The highest BCUT2D eigenvalue weighted by molar-refractivity contribution is 9.10. The molecule has 2 rings (SSSR count). The number of benzene rings is 2.